The zero-order chi connectivity index (χ0) is 22.5. The summed E-state index contributed by atoms with van der Waals surface area (Å²) in [6, 6.07) is 19.6. The predicted octanol–water partition coefficient (Wildman–Crippen LogP) is 3.94. The number of benzene rings is 3. The molecule has 0 unspecified atom stereocenters. The molecule has 0 atom stereocenters. The number of carbonyl (C=O) groups excluding carboxylic acids is 2. The van der Waals surface area contributed by atoms with Crippen molar-refractivity contribution in [2.24, 2.45) is 0 Å². The molecule has 3 aromatic rings. The summed E-state index contributed by atoms with van der Waals surface area (Å²) in [6.45, 7) is 7.23. The highest BCUT2D eigenvalue weighted by molar-refractivity contribution is 6.01. The normalized spacial score (nSPS) is 14.4. The number of aryl methyl sites for hydroxylation is 1. The Morgan fingerprint density at radius 2 is 1.59 bits per heavy atom. The highest BCUT2D eigenvalue weighted by Gasteiger charge is 2.25. The summed E-state index contributed by atoms with van der Waals surface area (Å²) in [6.07, 6.45) is 0. The van der Waals surface area contributed by atoms with Gasteiger partial charge in [-0.15, -0.1) is 0 Å². The number of anilines is 1. The van der Waals surface area contributed by atoms with Crippen LogP contribution in [0, 0.1) is 6.92 Å². The summed E-state index contributed by atoms with van der Waals surface area (Å²) in [5.74, 6) is 0.556. The van der Waals surface area contributed by atoms with E-state index in [1.807, 2.05) is 79.4 Å². The molecule has 166 valence electrons. The van der Waals surface area contributed by atoms with Gasteiger partial charge in [0.2, 0.25) is 5.91 Å². The molecule has 0 bridgehead atoms. The molecule has 0 radical (unpaired) electrons. The monoisotopic (exact) mass is 431 g/mol. The first-order chi connectivity index (χ1) is 15.5. The molecular weight excluding hydrogens is 402 g/mol. The zero-order valence-corrected chi connectivity index (χ0v) is 18.6. The summed E-state index contributed by atoms with van der Waals surface area (Å²) in [5, 5.41) is 5.01. The second-order valence-corrected chi connectivity index (χ2v) is 8.11. The second kappa shape index (κ2) is 9.83. The van der Waals surface area contributed by atoms with E-state index in [1.54, 1.807) is 0 Å². The summed E-state index contributed by atoms with van der Waals surface area (Å²) in [7, 11) is 0. The van der Waals surface area contributed by atoms with Gasteiger partial charge in [-0.05, 0) is 48.9 Å². The predicted molar refractivity (Wildman–Crippen MR) is 127 cm³/mol. The maximum absolute atomic E-state index is 13.3. The first kappa shape index (κ1) is 21.8. The van der Waals surface area contributed by atoms with Crippen LogP contribution in [0.1, 0.15) is 22.8 Å². The van der Waals surface area contributed by atoms with E-state index >= 15 is 0 Å². The van der Waals surface area contributed by atoms with Gasteiger partial charge in [0.05, 0.1) is 18.7 Å². The van der Waals surface area contributed by atoms with Crippen molar-refractivity contribution in [1.82, 2.24) is 9.80 Å². The number of amides is 2. The first-order valence-corrected chi connectivity index (χ1v) is 11.1. The topological polar surface area (TPSA) is 61.9 Å². The Balaban J connectivity index is 1.37. The molecular formula is C26H29N3O3. The third kappa shape index (κ3) is 5.08. The molecule has 3 aromatic carbocycles. The van der Waals surface area contributed by atoms with Crippen molar-refractivity contribution in [2.75, 3.05) is 44.6 Å². The number of ether oxygens (including phenoxy) is 1. The number of fused-ring (bicyclic) bond motifs is 1. The van der Waals surface area contributed by atoms with Gasteiger partial charge in [-0.3, -0.25) is 14.5 Å². The van der Waals surface area contributed by atoms with Crippen molar-refractivity contribution in [3.8, 4) is 5.75 Å². The van der Waals surface area contributed by atoms with E-state index in [0.29, 0.717) is 50.6 Å². The molecule has 1 saturated heterocycles. The van der Waals surface area contributed by atoms with Gasteiger partial charge < -0.3 is 15.0 Å². The Hall–Kier alpha value is -3.38. The van der Waals surface area contributed by atoms with E-state index in [4.69, 9.17) is 4.74 Å². The van der Waals surface area contributed by atoms with E-state index in [2.05, 4.69) is 10.2 Å². The fourth-order valence-electron chi connectivity index (χ4n) is 3.98. The molecule has 4 rings (SSSR count). The third-order valence-corrected chi connectivity index (χ3v) is 5.74. The van der Waals surface area contributed by atoms with Crippen LogP contribution in [0.5, 0.6) is 5.75 Å². The Morgan fingerprint density at radius 3 is 2.25 bits per heavy atom. The highest BCUT2D eigenvalue weighted by Crippen LogP contribution is 2.28. The molecule has 1 fully saturated rings. The average Bonchev–Trinajstić information content (AvgIpc) is 2.80. The number of hydrogen-bond acceptors (Lipinski definition) is 4. The molecule has 0 spiro atoms. The fourth-order valence-corrected chi connectivity index (χ4v) is 3.98. The van der Waals surface area contributed by atoms with Crippen LogP contribution in [-0.4, -0.2) is 60.9 Å². The lowest BCUT2D eigenvalue weighted by Crippen LogP contribution is -2.50. The van der Waals surface area contributed by atoms with Crippen molar-refractivity contribution in [1.29, 1.82) is 0 Å². The van der Waals surface area contributed by atoms with E-state index in [-0.39, 0.29) is 11.8 Å². The van der Waals surface area contributed by atoms with Crippen LogP contribution >= 0.6 is 0 Å². The molecule has 6 heteroatoms. The van der Waals surface area contributed by atoms with E-state index < -0.39 is 0 Å². The van der Waals surface area contributed by atoms with Crippen LogP contribution in [-0.2, 0) is 4.79 Å². The minimum Gasteiger partial charge on any atom is -0.493 e. The number of piperazine rings is 1. The van der Waals surface area contributed by atoms with Crippen LogP contribution in [0.25, 0.3) is 10.8 Å². The number of rotatable bonds is 6. The molecule has 1 aliphatic heterocycles. The highest BCUT2D eigenvalue weighted by atomic mass is 16.5. The Bertz CT molecular complexity index is 1100. The van der Waals surface area contributed by atoms with Crippen molar-refractivity contribution >= 4 is 28.3 Å². The van der Waals surface area contributed by atoms with Crippen molar-refractivity contribution in [2.45, 2.75) is 13.8 Å². The van der Waals surface area contributed by atoms with Crippen molar-refractivity contribution < 1.29 is 14.3 Å². The molecule has 1 N–H and O–H groups in total. The molecule has 1 heterocycles. The van der Waals surface area contributed by atoms with Gasteiger partial charge in [0.25, 0.3) is 5.91 Å². The minimum absolute atomic E-state index is 0.0250. The lowest BCUT2D eigenvalue weighted by Gasteiger charge is -2.34. The zero-order valence-electron chi connectivity index (χ0n) is 18.6. The van der Waals surface area contributed by atoms with Crippen LogP contribution in [0.15, 0.2) is 60.7 Å². The molecule has 6 nitrogen and oxygen atoms in total. The minimum atomic E-state index is -0.0400. The Kier molecular flexibility index (Phi) is 6.71. The SMILES string of the molecule is CCOc1cc2ccccc2cc1C(=O)N1CCN(CC(=O)Nc2ccc(C)cc2)CC1. The molecule has 0 aromatic heterocycles. The van der Waals surface area contributed by atoms with E-state index in [9.17, 15) is 9.59 Å². The van der Waals surface area contributed by atoms with Crippen molar-refractivity contribution in [3.05, 3.63) is 71.8 Å². The summed E-state index contributed by atoms with van der Waals surface area (Å²) in [5.41, 5.74) is 2.55. The lowest BCUT2D eigenvalue weighted by molar-refractivity contribution is -0.117. The van der Waals surface area contributed by atoms with Gasteiger partial charge in [0, 0.05) is 31.9 Å². The second-order valence-electron chi connectivity index (χ2n) is 8.11. The average molecular weight is 432 g/mol. The van der Waals surface area contributed by atoms with Gasteiger partial charge in [0.15, 0.2) is 0 Å². The standard InChI is InChI=1S/C26H29N3O3/c1-3-32-24-17-21-7-5-4-6-20(21)16-23(24)26(31)29-14-12-28(13-15-29)18-25(30)27-22-10-8-19(2)9-11-22/h4-11,16-17H,3,12-15,18H2,1-2H3,(H,27,30). The van der Waals surface area contributed by atoms with E-state index in [1.165, 1.54) is 0 Å². The van der Waals surface area contributed by atoms with Crippen LogP contribution in [0.2, 0.25) is 0 Å². The van der Waals surface area contributed by atoms with Gasteiger partial charge in [-0.1, -0.05) is 42.0 Å². The van der Waals surface area contributed by atoms with Crippen LogP contribution in [0.3, 0.4) is 0 Å². The third-order valence-electron chi connectivity index (χ3n) is 5.74. The summed E-state index contributed by atoms with van der Waals surface area (Å²) < 4.78 is 5.78. The van der Waals surface area contributed by atoms with Gasteiger partial charge >= 0.3 is 0 Å². The van der Waals surface area contributed by atoms with Crippen LogP contribution < -0.4 is 10.1 Å². The first-order valence-electron chi connectivity index (χ1n) is 11.1. The number of nitrogens with zero attached hydrogens (tertiary/aromatic N) is 2. The number of hydrogen-bond donors (Lipinski definition) is 1. The van der Waals surface area contributed by atoms with Gasteiger partial charge in [-0.25, -0.2) is 0 Å². The van der Waals surface area contributed by atoms with Crippen molar-refractivity contribution in [3.63, 3.8) is 0 Å². The Morgan fingerprint density at radius 1 is 0.938 bits per heavy atom. The van der Waals surface area contributed by atoms with Crippen LogP contribution in [0.4, 0.5) is 5.69 Å². The maximum atomic E-state index is 13.3. The number of nitrogens with one attached hydrogen (secondary N) is 1. The molecule has 0 aliphatic carbocycles. The Labute approximate surface area is 188 Å². The largest absolute Gasteiger partial charge is 0.493 e. The number of carbonyl (C=O) groups is 2. The smallest absolute Gasteiger partial charge is 0.257 e. The summed E-state index contributed by atoms with van der Waals surface area (Å²) in [4.78, 5) is 29.6. The van der Waals surface area contributed by atoms with E-state index in [0.717, 1.165) is 22.0 Å². The quantitative estimate of drug-likeness (QED) is 0.642. The molecule has 2 amide bonds. The maximum Gasteiger partial charge on any atom is 0.257 e. The lowest BCUT2D eigenvalue weighted by atomic mass is 10.0. The molecule has 32 heavy (non-hydrogen) atoms. The molecule has 0 saturated carbocycles. The molecule has 1 aliphatic rings. The fraction of sp³-hybridized carbons (Fsp3) is 0.308. The summed E-state index contributed by atoms with van der Waals surface area (Å²) >= 11 is 0. The van der Waals surface area contributed by atoms with Gasteiger partial charge in [0.1, 0.15) is 5.75 Å². The van der Waals surface area contributed by atoms with Gasteiger partial charge in [-0.2, -0.15) is 0 Å².